The highest BCUT2D eigenvalue weighted by atomic mass is 32.2. The van der Waals surface area contributed by atoms with Crippen LogP contribution in [0.4, 0.5) is 0 Å². The smallest absolute Gasteiger partial charge is 0.322 e. The van der Waals surface area contributed by atoms with Crippen molar-refractivity contribution < 1.29 is 18.3 Å². The van der Waals surface area contributed by atoms with Crippen LogP contribution in [-0.4, -0.2) is 41.5 Å². The highest BCUT2D eigenvalue weighted by Gasteiger charge is 2.37. The molecule has 0 saturated carbocycles. The fourth-order valence-electron chi connectivity index (χ4n) is 0.873. The number of hydrogen-bond donors (Lipinski definition) is 2. The van der Waals surface area contributed by atoms with Gasteiger partial charge in [-0.15, -0.1) is 11.8 Å². The van der Waals surface area contributed by atoms with E-state index in [4.69, 9.17) is 10.2 Å². The summed E-state index contributed by atoms with van der Waals surface area (Å²) in [7, 11) is -3.87. The van der Waals surface area contributed by atoms with Gasteiger partial charge >= 0.3 is 5.97 Å². The van der Waals surface area contributed by atoms with Crippen molar-refractivity contribution in [2.24, 2.45) is 5.14 Å². The quantitative estimate of drug-likeness (QED) is 0.589. The molecule has 6 nitrogen and oxygen atoms in total. The van der Waals surface area contributed by atoms with Crippen LogP contribution in [0.25, 0.3) is 0 Å². The molecular weight excluding hydrogens is 204 g/mol. The maximum Gasteiger partial charge on any atom is 0.322 e. The molecule has 0 aromatic carbocycles. The minimum atomic E-state index is -3.87. The Morgan fingerprint density at radius 2 is 2.25 bits per heavy atom. The Labute approximate surface area is 73.9 Å². The summed E-state index contributed by atoms with van der Waals surface area (Å²) in [6, 6.07) is -1.01. The average molecular weight is 212 g/mol. The molecule has 1 saturated heterocycles. The topological polar surface area (TPSA) is 101 Å². The van der Waals surface area contributed by atoms with E-state index >= 15 is 0 Å². The molecule has 12 heavy (non-hydrogen) atoms. The van der Waals surface area contributed by atoms with Gasteiger partial charge in [-0.3, -0.25) is 4.79 Å². The second-order valence-electron chi connectivity index (χ2n) is 2.29. The lowest BCUT2D eigenvalue weighted by Crippen LogP contribution is -2.44. The molecule has 1 rings (SSSR count). The molecule has 0 bridgehead atoms. The van der Waals surface area contributed by atoms with Gasteiger partial charge in [-0.25, -0.2) is 5.14 Å². The Kier molecular flexibility index (Phi) is 2.61. The van der Waals surface area contributed by atoms with Crippen LogP contribution in [0.3, 0.4) is 0 Å². The van der Waals surface area contributed by atoms with Crippen LogP contribution in [0, 0.1) is 0 Å². The van der Waals surface area contributed by atoms with Gasteiger partial charge in [0, 0.05) is 5.75 Å². The first-order chi connectivity index (χ1) is 5.43. The van der Waals surface area contributed by atoms with E-state index in [0.717, 1.165) is 4.31 Å². The van der Waals surface area contributed by atoms with E-state index in [0.29, 0.717) is 0 Å². The molecule has 1 fully saturated rings. The number of rotatable bonds is 2. The zero-order chi connectivity index (χ0) is 9.35. The molecule has 0 amide bonds. The van der Waals surface area contributed by atoms with E-state index in [2.05, 4.69) is 0 Å². The summed E-state index contributed by atoms with van der Waals surface area (Å²) in [4.78, 5) is 10.5. The van der Waals surface area contributed by atoms with E-state index in [-0.39, 0.29) is 11.6 Å². The van der Waals surface area contributed by atoms with Crippen molar-refractivity contribution in [3.05, 3.63) is 0 Å². The zero-order valence-electron chi connectivity index (χ0n) is 6.00. The molecule has 0 radical (unpaired) electrons. The van der Waals surface area contributed by atoms with Gasteiger partial charge < -0.3 is 5.11 Å². The van der Waals surface area contributed by atoms with Crippen LogP contribution >= 0.6 is 11.8 Å². The molecular formula is C4H8N2O4S2. The van der Waals surface area contributed by atoms with Crippen molar-refractivity contribution in [1.82, 2.24) is 4.31 Å². The number of nitrogens with two attached hydrogens (primary N) is 1. The van der Waals surface area contributed by atoms with E-state index in [1.54, 1.807) is 0 Å². The lowest BCUT2D eigenvalue weighted by atomic mass is 10.4. The maximum absolute atomic E-state index is 10.8. The standard InChI is InChI=1S/C4H8N2O4S2/c5-12(9,10)6-2-11-1-3(6)4(7)8/h3H,1-2H2,(H,7,8)(H2,5,9,10)/t3-/m0/s1. The number of carboxylic acid groups (broad SMARTS) is 1. The van der Waals surface area contributed by atoms with Gasteiger partial charge in [-0.2, -0.15) is 12.7 Å². The first kappa shape index (κ1) is 9.78. The fraction of sp³-hybridized carbons (Fsp3) is 0.750. The van der Waals surface area contributed by atoms with E-state index in [1.807, 2.05) is 0 Å². The molecule has 3 N–H and O–H groups in total. The molecule has 70 valence electrons. The number of aliphatic carboxylic acids is 1. The fourth-order valence-corrected chi connectivity index (χ4v) is 3.31. The average Bonchev–Trinajstić information content (AvgIpc) is 2.30. The summed E-state index contributed by atoms with van der Waals surface area (Å²) in [5.41, 5.74) is 0. The number of hydrogen-bond acceptors (Lipinski definition) is 4. The third-order valence-electron chi connectivity index (χ3n) is 1.45. The minimum Gasteiger partial charge on any atom is -0.480 e. The molecule has 0 aromatic heterocycles. The summed E-state index contributed by atoms with van der Waals surface area (Å²) in [5, 5.41) is 13.4. The predicted octanol–water partition coefficient (Wildman–Crippen LogP) is -1.35. The predicted molar refractivity (Wildman–Crippen MR) is 43.7 cm³/mol. The normalized spacial score (nSPS) is 25.9. The highest BCUT2D eigenvalue weighted by Crippen LogP contribution is 2.22. The van der Waals surface area contributed by atoms with Gasteiger partial charge in [0.1, 0.15) is 6.04 Å². The molecule has 1 heterocycles. The number of carboxylic acids is 1. The molecule has 1 aliphatic rings. The van der Waals surface area contributed by atoms with Crippen LogP contribution in [0.2, 0.25) is 0 Å². The molecule has 1 atom stereocenters. The molecule has 1 aliphatic heterocycles. The van der Waals surface area contributed by atoms with E-state index < -0.39 is 22.2 Å². The van der Waals surface area contributed by atoms with Crippen molar-refractivity contribution >= 4 is 27.9 Å². The summed E-state index contributed by atoms with van der Waals surface area (Å²) in [5.74, 6) is -0.782. The van der Waals surface area contributed by atoms with Crippen LogP contribution < -0.4 is 5.14 Å². The van der Waals surface area contributed by atoms with Gasteiger partial charge in [0.15, 0.2) is 0 Å². The van der Waals surface area contributed by atoms with E-state index in [9.17, 15) is 13.2 Å². The van der Waals surface area contributed by atoms with Crippen molar-refractivity contribution in [1.29, 1.82) is 0 Å². The van der Waals surface area contributed by atoms with Gasteiger partial charge in [0.25, 0.3) is 10.2 Å². The van der Waals surface area contributed by atoms with Crippen LogP contribution in [-0.2, 0) is 15.0 Å². The first-order valence-electron chi connectivity index (χ1n) is 3.03. The summed E-state index contributed by atoms with van der Waals surface area (Å²) < 4.78 is 22.3. The summed E-state index contributed by atoms with van der Waals surface area (Å²) in [6.45, 7) is 0. The highest BCUT2D eigenvalue weighted by molar-refractivity contribution is 8.00. The molecule has 8 heteroatoms. The van der Waals surface area contributed by atoms with Crippen molar-refractivity contribution in [2.75, 3.05) is 11.6 Å². The van der Waals surface area contributed by atoms with Gasteiger partial charge in [0.2, 0.25) is 0 Å². The summed E-state index contributed by atoms with van der Waals surface area (Å²) >= 11 is 1.23. The number of carbonyl (C=O) groups is 1. The minimum absolute atomic E-state index is 0.121. The third kappa shape index (κ3) is 1.89. The zero-order valence-corrected chi connectivity index (χ0v) is 7.64. The van der Waals surface area contributed by atoms with Gasteiger partial charge in [-0.05, 0) is 0 Å². The van der Waals surface area contributed by atoms with Crippen molar-refractivity contribution in [3.8, 4) is 0 Å². The lowest BCUT2D eigenvalue weighted by Gasteiger charge is -2.15. The van der Waals surface area contributed by atoms with Crippen molar-refractivity contribution in [2.45, 2.75) is 6.04 Å². The third-order valence-corrected chi connectivity index (χ3v) is 3.67. The first-order valence-corrected chi connectivity index (χ1v) is 5.69. The van der Waals surface area contributed by atoms with Gasteiger partial charge in [0.05, 0.1) is 5.88 Å². The summed E-state index contributed by atoms with van der Waals surface area (Å²) in [6.07, 6.45) is 0. The molecule has 0 aromatic rings. The van der Waals surface area contributed by atoms with Crippen LogP contribution in [0.15, 0.2) is 0 Å². The monoisotopic (exact) mass is 212 g/mol. The maximum atomic E-state index is 10.8. The Bertz CT molecular complexity index is 287. The lowest BCUT2D eigenvalue weighted by molar-refractivity contribution is -0.140. The Balaban J connectivity index is 2.85. The second-order valence-corrected chi connectivity index (χ2v) is 4.78. The Morgan fingerprint density at radius 3 is 2.58 bits per heavy atom. The number of nitrogens with zero attached hydrogens (tertiary/aromatic N) is 1. The number of thioether (sulfide) groups is 1. The molecule has 0 spiro atoms. The Morgan fingerprint density at radius 1 is 1.67 bits per heavy atom. The van der Waals surface area contributed by atoms with Gasteiger partial charge in [-0.1, -0.05) is 0 Å². The Hall–Kier alpha value is -0.310. The van der Waals surface area contributed by atoms with E-state index in [1.165, 1.54) is 11.8 Å². The molecule has 0 aliphatic carbocycles. The van der Waals surface area contributed by atoms with Crippen LogP contribution in [0.1, 0.15) is 0 Å². The van der Waals surface area contributed by atoms with Crippen LogP contribution in [0.5, 0.6) is 0 Å². The SMILES string of the molecule is NS(=O)(=O)N1CSC[C@H]1C(=O)O. The molecule has 0 unspecified atom stereocenters. The van der Waals surface area contributed by atoms with Crippen molar-refractivity contribution in [3.63, 3.8) is 0 Å². The largest absolute Gasteiger partial charge is 0.480 e. The second kappa shape index (κ2) is 3.21.